The molecule has 0 aliphatic carbocycles. The summed E-state index contributed by atoms with van der Waals surface area (Å²) in [6.07, 6.45) is -1.02. The number of benzene rings is 1. The quantitative estimate of drug-likeness (QED) is 0.822. The molecule has 0 spiro atoms. The zero-order chi connectivity index (χ0) is 12.3. The van der Waals surface area contributed by atoms with Crippen molar-refractivity contribution >= 4 is 0 Å². The molecule has 0 fully saturated rings. The summed E-state index contributed by atoms with van der Waals surface area (Å²) >= 11 is 0. The van der Waals surface area contributed by atoms with E-state index in [4.69, 9.17) is 0 Å². The van der Waals surface area contributed by atoms with Gasteiger partial charge in [0.15, 0.2) is 0 Å². The second kappa shape index (κ2) is 5.46. The molecule has 0 aliphatic rings. The fraction of sp³-hybridized carbons (Fsp3) is 0.571. The summed E-state index contributed by atoms with van der Waals surface area (Å²) < 4.78 is 0. The molecule has 2 atom stereocenters. The Balaban J connectivity index is 3.09. The van der Waals surface area contributed by atoms with Crippen LogP contribution in [0.4, 0.5) is 0 Å². The van der Waals surface area contributed by atoms with Crippen LogP contribution >= 0.6 is 0 Å². The summed E-state index contributed by atoms with van der Waals surface area (Å²) in [6.45, 7) is 7.90. The van der Waals surface area contributed by atoms with Crippen molar-refractivity contribution in [3.05, 3.63) is 35.4 Å². The van der Waals surface area contributed by atoms with E-state index >= 15 is 0 Å². The Morgan fingerprint density at radius 1 is 0.750 bits per heavy atom. The van der Waals surface area contributed by atoms with E-state index in [1.807, 2.05) is 52.0 Å². The van der Waals surface area contributed by atoms with Crippen LogP contribution in [-0.2, 0) is 0 Å². The van der Waals surface area contributed by atoms with E-state index < -0.39 is 12.2 Å². The lowest BCUT2D eigenvalue weighted by atomic mass is 9.89. The zero-order valence-corrected chi connectivity index (χ0v) is 10.5. The first kappa shape index (κ1) is 13.2. The molecule has 16 heavy (non-hydrogen) atoms. The van der Waals surface area contributed by atoms with Crippen LogP contribution < -0.4 is 0 Å². The van der Waals surface area contributed by atoms with Gasteiger partial charge in [0.05, 0.1) is 12.2 Å². The van der Waals surface area contributed by atoms with Gasteiger partial charge in [0.1, 0.15) is 0 Å². The van der Waals surface area contributed by atoms with Gasteiger partial charge in [-0.1, -0.05) is 52.0 Å². The minimum atomic E-state index is -0.510. The lowest BCUT2D eigenvalue weighted by Crippen LogP contribution is -2.13. The third kappa shape index (κ3) is 2.83. The fourth-order valence-electron chi connectivity index (χ4n) is 1.77. The van der Waals surface area contributed by atoms with Crippen molar-refractivity contribution in [3.63, 3.8) is 0 Å². The van der Waals surface area contributed by atoms with Crippen molar-refractivity contribution in [2.75, 3.05) is 0 Å². The number of hydrogen-bond donors (Lipinski definition) is 2. The van der Waals surface area contributed by atoms with Crippen molar-refractivity contribution in [2.24, 2.45) is 11.8 Å². The summed E-state index contributed by atoms with van der Waals surface area (Å²) in [6, 6.07) is 7.59. The molecule has 0 heterocycles. The molecule has 0 radical (unpaired) electrons. The molecular weight excluding hydrogens is 200 g/mol. The highest BCUT2D eigenvalue weighted by Crippen LogP contribution is 2.31. The summed E-state index contributed by atoms with van der Waals surface area (Å²) in [5, 5.41) is 20.2. The Morgan fingerprint density at radius 2 is 1.06 bits per heavy atom. The number of hydrogen-bond acceptors (Lipinski definition) is 2. The van der Waals surface area contributed by atoms with E-state index in [-0.39, 0.29) is 11.8 Å². The first-order chi connectivity index (χ1) is 7.45. The van der Waals surface area contributed by atoms with Gasteiger partial charge in [0.25, 0.3) is 0 Å². The first-order valence-electron chi connectivity index (χ1n) is 5.90. The van der Waals surface area contributed by atoms with Gasteiger partial charge in [-0.2, -0.15) is 0 Å². The van der Waals surface area contributed by atoms with Crippen molar-refractivity contribution in [3.8, 4) is 0 Å². The average Bonchev–Trinajstić information content (AvgIpc) is 2.26. The molecule has 0 saturated heterocycles. The number of rotatable bonds is 4. The SMILES string of the molecule is CC(C)[C@H](O)c1ccccc1[C@H](O)C(C)C. The van der Waals surface area contributed by atoms with E-state index in [2.05, 4.69) is 0 Å². The van der Waals surface area contributed by atoms with Gasteiger partial charge >= 0.3 is 0 Å². The Hall–Kier alpha value is -0.860. The zero-order valence-electron chi connectivity index (χ0n) is 10.5. The van der Waals surface area contributed by atoms with Gasteiger partial charge in [-0.15, -0.1) is 0 Å². The van der Waals surface area contributed by atoms with E-state index in [0.29, 0.717) is 0 Å². The van der Waals surface area contributed by atoms with Gasteiger partial charge < -0.3 is 10.2 Å². The minimum absolute atomic E-state index is 0.153. The molecule has 1 aromatic carbocycles. The normalized spacial score (nSPS) is 15.5. The first-order valence-corrected chi connectivity index (χ1v) is 5.90. The van der Waals surface area contributed by atoms with Crippen LogP contribution in [0.2, 0.25) is 0 Å². The van der Waals surface area contributed by atoms with Crippen molar-refractivity contribution in [1.29, 1.82) is 0 Å². The van der Waals surface area contributed by atoms with Gasteiger partial charge in [0.2, 0.25) is 0 Å². The maximum absolute atomic E-state index is 10.1. The molecule has 2 heteroatoms. The van der Waals surface area contributed by atoms with Crippen LogP contribution in [0.15, 0.2) is 24.3 Å². The van der Waals surface area contributed by atoms with Crippen molar-refractivity contribution in [1.82, 2.24) is 0 Å². The van der Waals surface area contributed by atoms with Crippen LogP contribution in [0.3, 0.4) is 0 Å². The Bertz CT molecular complexity index is 298. The second-order valence-corrected chi connectivity index (χ2v) is 5.01. The lowest BCUT2D eigenvalue weighted by molar-refractivity contribution is 0.104. The molecule has 0 unspecified atom stereocenters. The lowest BCUT2D eigenvalue weighted by Gasteiger charge is -2.23. The average molecular weight is 222 g/mol. The summed E-state index contributed by atoms with van der Waals surface area (Å²) in [5.41, 5.74) is 1.69. The third-order valence-electron chi connectivity index (χ3n) is 2.90. The maximum Gasteiger partial charge on any atom is 0.0816 e. The Morgan fingerprint density at radius 3 is 1.31 bits per heavy atom. The smallest absolute Gasteiger partial charge is 0.0816 e. The second-order valence-electron chi connectivity index (χ2n) is 5.01. The summed E-state index contributed by atoms with van der Waals surface area (Å²) in [5.74, 6) is 0.307. The summed E-state index contributed by atoms with van der Waals surface area (Å²) in [7, 11) is 0. The highest BCUT2D eigenvalue weighted by molar-refractivity contribution is 5.31. The van der Waals surface area contributed by atoms with Crippen molar-refractivity contribution < 1.29 is 10.2 Å². The minimum Gasteiger partial charge on any atom is -0.388 e. The molecule has 0 saturated carbocycles. The topological polar surface area (TPSA) is 40.5 Å². The molecule has 0 aliphatic heterocycles. The third-order valence-corrected chi connectivity index (χ3v) is 2.90. The number of aliphatic hydroxyl groups is 2. The van der Waals surface area contributed by atoms with E-state index in [9.17, 15) is 10.2 Å². The molecule has 0 amide bonds. The maximum atomic E-state index is 10.1. The van der Waals surface area contributed by atoms with E-state index in [1.165, 1.54) is 0 Å². The summed E-state index contributed by atoms with van der Waals surface area (Å²) in [4.78, 5) is 0. The molecule has 90 valence electrons. The monoisotopic (exact) mass is 222 g/mol. The molecule has 2 N–H and O–H groups in total. The molecule has 1 rings (SSSR count). The predicted octanol–water partition coefficient (Wildman–Crippen LogP) is 3.07. The van der Waals surface area contributed by atoms with Crippen LogP contribution in [0.1, 0.15) is 51.0 Å². The van der Waals surface area contributed by atoms with Crippen LogP contribution in [-0.4, -0.2) is 10.2 Å². The molecule has 0 aromatic heterocycles. The molecule has 2 nitrogen and oxygen atoms in total. The standard InChI is InChI=1S/C14H22O2/c1-9(2)13(15)11-7-5-6-8-12(11)14(16)10(3)4/h5-10,13-16H,1-4H3/t13-,14+. The van der Waals surface area contributed by atoms with Crippen LogP contribution in [0.5, 0.6) is 0 Å². The highest BCUT2D eigenvalue weighted by atomic mass is 16.3. The van der Waals surface area contributed by atoms with E-state index in [0.717, 1.165) is 11.1 Å². The Labute approximate surface area is 97.9 Å². The molecule has 1 aromatic rings. The van der Waals surface area contributed by atoms with Gasteiger partial charge in [-0.3, -0.25) is 0 Å². The van der Waals surface area contributed by atoms with Crippen molar-refractivity contribution in [2.45, 2.75) is 39.9 Å². The van der Waals surface area contributed by atoms with E-state index in [1.54, 1.807) is 0 Å². The van der Waals surface area contributed by atoms with Gasteiger partial charge in [-0.05, 0) is 23.0 Å². The molecular formula is C14H22O2. The number of aliphatic hydroxyl groups excluding tert-OH is 2. The predicted molar refractivity (Wildman–Crippen MR) is 66.0 cm³/mol. The molecule has 0 bridgehead atoms. The van der Waals surface area contributed by atoms with Gasteiger partial charge in [0, 0.05) is 0 Å². The Kier molecular flexibility index (Phi) is 4.51. The van der Waals surface area contributed by atoms with Crippen LogP contribution in [0.25, 0.3) is 0 Å². The van der Waals surface area contributed by atoms with Crippen LogP contribution in [0, 0.1) is 11.8 Å². The van der Waals surface area contributed by atoms with Gasteiger partial charge in [-0.25, -0.2) is 0 Å². The fourth-order valence-corrected chi connectivity index (χ4v) is 1.77. The largest absolute Gasteiger partial charge is 0.388 e. The highest BCUT2D eigenvalue weighted by Gasteiger charge is 2.21.